The molecule has 0 atom stereocenters. The van der Waals surface area contributed by atoms with Gasteiger partial charge < -0.3 is 19.3 Å². The molecule has 0 spiro atoms. The predicted molar refractivity (Wildman–Crippen MR) is 129 cm³/mol. The average molecular weight is 429 g/mol. The average Bonchev–Trinajstić information content (AvgIpc) is 2.88. The molecule has 3 aromatic rings. The van der Waals surface area contributed by atoms with E-state index in [1.165, 1.54) is 0 Å². The van der Waals surface area contributed by atoms with Gasteiger partial charge in [0.1, 0.15) is 11.5 Å². The number of anilines is 1. The number of methoxy groups -OCH3 is 2. The van der Waals surface area contributed by atoms with Gasteiger partial charge in [0.2, 0.25) is 0 Å². The number of carbonyl (C=O) groups excluding carboxylic acids is 1. The minimum Gasteiger partial charge on any atom is -0.497 e. The SMILES string of the molecule is COc1ccc(C=C(C(=O)N2CCN(c3ccccc3OC)CC2)c2ccccc2)cc1. The van der Waals surface area contributed by atoms with Crippen molar-refractivity contribution in [2.45, 2.75) is 0 Å². The van der Waals surface area contributed by atoms with Crippen LogP contribution in [-0.2, 0) is 4.79 Å². The monoisotopic (exact) mass is 428 g/mol. The van der Waals surface area contributed by atoms with Crippen LogP contribution in [0.5, 0.6) is 11.5 Å². The Morgan fingerprint density at radius 2 is 1.44 bits per heavy atom. The molecule has 1 saturated heterocycles. The lowest BCUT2D eigenvalue weighted by Crippen LogP contribution is -2.49. The zero-order valence-corrected chi connectivity index (χ0v) is 18.5. The van der Waals surface area contributed by atoms with Gasteiger partial charge in [0.15, 0.2) is 0 Å². The largest absolute Gasteiger partial charge is 0.497 e. The summed E-state index contributed by atoms with van der Waals surface area (Å²) in [7, 11) is 3.34. The minimum absolute atomic E-state index is 0.0479. The van der Waals surface area contributed by atoms with E-state index in [1.807, 2.05) is 83.8 Å². The van der Waals surface area contributed by atoms with Crippen molar-refractivity contribution >= 4 is 23.2 Å². The Morgan fingerprint density at radius 3 is 2.09 bits per heavy atom. The summed E-state index contributed by atoms with van der Waals surface area (Å²) in [5.74, 6) is 1.70. The van der Waals surface area contributed by atoms with E-state index in [0.717, 1.165) is 41.4 Å². The third kappa shape index (κ3) is 4.78. The Balaban J connectivity index is 1.55. The molecule has 0 aliphatic carbocycles. The van der Waals surface area contributed by atoms with Crippen LogP contribution in [-0.4, -0.2) is 51.2 Å². The number of rotatable bonds is 6. The van der Waals surface area contributed by atoms with Crippen molar-refractivity contribution in [3.63, 3.8) is 0 Å². The Hall–Kier alpha value is -3.73. The number of ether oxygens (including phenoxy) is 2. The van der Waals surface area contributed by atoms with Crippen molar-refractivity contribution in [3.8, 4) is 11.5 Å². The van der Waals surface area contributed by atoms with Crippen molar-refractivity contribution in [1.82, 2.24) is 4.90 Å². The van der Waals surface area contributed by atoms with E-state index in [-0.39, 0.29) is 5.91 Å². The maximum Gasteiger partial charge on any atom is 0.254 e. The normalized spacial score (nSPS) is 14.2. The second-order valence-corrected chi connectivity index (χ2v) is 7.65. The Morgan fingerprint density at radius 1 is 0.781 bits per heavy atom. The molecule has 1 heterocycles. The first-order chi connectivity index (χ1) is 15.7. The van der Waals surface area contributed by atoms with Crippen LogP contribution in [0.4, 0.5) is 5.69 Å². The van der Waals surface area contributed by atoms with Crippen molar-refractivity contribution < 1.29 is 14.3 Å². The van der Waals surface area contributed by atoms with E-state index < -0.39 is 0 Å². The van der Waals surface area contributed by atoms with Crippen molar-refractivity contribution in [1.29, 1.82) is 0 Å². The number of benzene rings is 3. The molecule has 164 valence electrons. The molecule has 1 aliphatic heterocycles. The van der Waals surface area contributed by atoms with Gasteiger partial charge in [0.25, 0.3) is 5.91 Å². The van der Waals surface area contributed by atoms with Crippen LogP contribution < -0.4 is 14.4 Å². The first kappa shape index (κ1) is 21.5. The lowest BCUT2D eigenvalue weighted by Gasteiger charge is -2.37. The van der Waals surface area contributed by atoms with Gasteiger partial charge in [-0.15, -0.1) is 0 Å². The maximum atomic E-state index is 13.6. The molecule has 1 aliphatic rings. The lowest BCUT2D eigenvalue weighted by molar-refractivity contribution is -0.125. The molecule has 0 bridgehead atoms. The summed E-state index contributed by atoms with van der Waals surface area (Å²) in [5, 5.41) is 0. The Kier molecular flexibility index (Phi) is 6.75. The summed E-state index contributed by atoms with van der Waals surface area (Å²) in [6.07, 6.45) is 1.96. The molecule has 5 heteroatoms. The van der Waals surface area contributed by atoms with E-state index in [0.29, 0.717) is 18.7 Å². The first-order valence-corrected chi connectivity index (χ1v) is 10.8. The second-order valence-electron chi connectivity index (χ2n) is 7.65. The zero-order valence-electron chi connectivity index (χ0n) is 18.5. The van der Waals surface area contributed by atoms with E-state index in [4.69, 9.17) is 9.47 Å². The lowest BCUT2D eigenvalue weighted by atomic mass is 10.0. The third-order valence-electron chi connectivity index (χ3n) is 5.73. The molecule has 0 saturated carbocycles. The molecule has 5 nitrogen and oxygen atoms in total. The molecule has 0 unspecified atom stereocenters. The third-order valence-corrected chi connectivity index (χ3v) is 5.73. The predicted octanol–water partition coefficient (Wildman–Crippen LogP) is 4.59. The van der Waals surface area contributed by atoms with E-state index in [1.54, 1.807) is 14.2 Å². The molecule has 1 amide bonds. The van der Waals surface area contributed by atoms with Gasteiger partial charge in [-0.05, 0) is 41.5 Å². The summed E-state index contributed by atoms with van der Waals surface area (Å²) in [6.45, 7) is 2.83. The molecular formula is C27H28N2O3. The molecule has 0 radical (unpaired) electrons. The molecule has 0 aromatic heterocycles. The topological polar surface area (TPSA) is 42.0 Å². The number of hydrogen-bond donors (Lipinski definition) is 0. The van der Waals surface area contributed by atoms with Gasteiger partial charge in [-0.25, -0.2) is 0 Å². The zero-order chi connectivity index (χ0) is 22.3. The second kappa shape index (κ2) is 10.1. The van der Waals surface area contributed by atoms with Crippen LogP contribution in [0.15, 0.2) is 78.9 Å². The highest BCUT2D eigenvalue weighted by molar-refractivity contribution is 6.24. The van der Waals surface area contributed by atoms with Crippen LogP contribution in [0.2, 0.25) is 0 Å². The fourth-order valence-corrected chi connectivity index (χ4v) is 3.96. The van der Waals surface area contributed by atoms with Crippen LogP contribution in [0.1, 0.15) is 11.1 Å². The van der Waals surface area contributed by atoms with Crippen molar-refractivity contribution in [2.24, 2.45) is 0 Å². The van der Waals surface area contributed by atoms with Crippen LogP contribution in [0.3, 0.4) is 0 Å². The highest BCUT2D eigenvalue weighted by Crippen LogP contribution is 2.29. The number of para-hydroxylation sites is 2. The molecule has 3 aromatic carbocycles. The molecule has 1 fully saturated rings. The standard InChI is InChI=1S/C27H28N2O3/c1-31-23-14-12-21(13-15-23)20-24(22-8-4-3-5-9-22)27(30)29-18-16-28(17-19-29)25-10-6-7-11-26(25)32-2/h3-15,20H,16-19H2,1-2H3. The first-order valence-electron chi connectivity index (χ1n) is 10.8. The van der Waals surface area contributed by atoms with Crippen LogP contribution in [0.25, 0.3) is 11.6 Å². The van der Waals surface area contributed by atoms with Gasteiger partial charge in [0.05, 0.1) is 19.9 Å². The summed E-state index contributed by atoms with van der Waals surface area (Å²) in [6, 6.07) is 25.6. The van der Waals surface area contributed by atoms with Crippen molar-refractivity contribution in [2.75, 3.05) is 45.3 Å². The van der Waals surface area contributed by atoms with Gasteiger partial charge in [-0.2, -0.15) is 0 Å². The number of nitrogens with zero attached hydrogens (tertiary/aromatic N) is 2. The quantitative estimate of drug-likeness (QED) is 0.425. The fourth-order valence-electron chi connectivity index (χ4n) is 3.96. The number of piperazine rings is 1. The number of hydrogen-bond acceptors (Lipinski definition) is 4. The summed E-state index contributed by atoms with van der Waals surface area (Å²) in [4.78, 5) is 17.8. The minimum atomic E-state index is 0.0479. The van der Waals surface area contributed by atoms with Crippen molar-refractivity contribution in [3.05, 3.63) is 90.0 Å². The van der Waals surface area contributed by atoms with E-state index in [9.17, 15) is 4.79 Å². The molecular weight excluding hydrogens is 400 g/mol. The van der Waals surface area contributed by atoms with Gasteiger partial charge in [0, 0.05) is 31.8 Å². The molecule has 4 rings (SSSR count). The van der Waals surface area contributed by atoms with E-state index >= 15 is 0 Å². The van der Waals surface area contributed by atoms with Gasteiger partial charge >= 0.3 is 0 Å². The summed E-state index contributed by atoms with van der Waals surface area (Å²) >= 11 is 0. The Labute approximate surface area is 189 Å². The summed E-state index contributed by atoms with van der Waals surface area (Å²) in [5.41, 5.74) is 3.65. The van der Waals surface area contributed by atoms with Crippen LogP contribution >= 0.6 is 0 Å². The molecule has 0 N–H and O–H groups in total. The Bertz CT molecular complexity index is 1070. The summed E-state index contributed by atoms with van der Waals surface area (Å²) < 4.78 is 10.8. The maximum absolute atomic E-state index is 13.6. The van der Waals surface area contributed by atoms with E-state index in [2.05, 4.69) is 11.0 Å². The molecule has 32 heavy (non-hydrogen) atoms. The van der Waals surface area contributed by atoms with Gasteiger partial charge in [-0.3, -0.25) is 4.79 Å². The smallest absolute Gasteiger partial charge is 0.254 e. The highest BCUT2D eigenvalue weighted by Gasteiger charge is 2.25. The fraction of sp³-hybridized carbons (Fsp3) is 0.222. The number of amides is 1. The highest BCUT2D eigenvalue weighted by atomic mass is 16.5. The number of carbonyl (C=O) groups is 1. The van der Waals surface area contributed by atoms with Gasteiger partial charge in [-0.1, -0.05) is 54.6 Å². The van der Waals surface area contributed by atoms with Crippen LogP contribution in [0, 0.1) is 0 Å².